The second-order valence-corrected chi connectivity index (χ2v) is 4.17. The van der Waals surface area contributed by atoms with Crippen molar-refractivity contribution in [1.29, 1.82) is 0 Å². The van der Waals surface area contributed by atoms with Crippen molar-refractivity contribution >= 4 is 5.69 Å². The van der Waals surface area contributed by atoms with E-state index in [2.05, 4.69) is 54.3 Å². The van der Waals surface area contributed by atoms with Crippen LogP contribution in [0.25, 0.3) is 0 Å². The fraction of sp³-hybridized carbons (Fsp3) is 0.467. The topological polar surface area (TPSA) is 15.3 Å². The molecule has 0 spiro atoms. The molecule has 0 aliphatic heterocycles. The molecule has 2 nitrogen and oxygen atoms in total. The third-order valence-electron chi connectivity index (χ3n) is 2.92. The maximum Gasteiger partial charge on any atom is 0.0788 e. The third kappa shape index (κ3) is 3.80. The SMILES string of the molecule is C#CCN(C)c1ccc(C(CC)NCC)cc1. The van der Waals surface area contributed by atoms with E-state index in [0.717, 1.165) is 18.7 Å². The molecule has 1 atom stereocenters. The van der Waals surface area contributed by atoms with Crippen molar-refractivity contribution in [2.45, 2.75) is 26.3 Å². The number of hydrogen-bond acceptors (Lipinski definition) is 2. The van der Waals surface area contributed by atoms with Crippen molar-refractivity contribution in [2.24, 2.45) is 0 Å². The Morgan fingerprint density at radius 3 is 2.41 bits per heavy atom. The van der Waals surface area contributed by atoms with Crippen molar-refractivity contribution < 1.29 is 0 Å². The van der Waals surface area contributed by atoms with Gasteiger partial charge in [0.25, 0.3) is 0 Å². The van der Waals surface area contributed by atoms with E-state index in [-0.39, 0.29) is 0 Å². The number of nitrogens with one attached hydrogen (secondary N) is 1. The standard InChI is InChI=1S/C15H22N2/c1-5-12-17(4)14-10-8-13(9-11-14)15(6-2)16-7-3/h1,8-11,15-16H,6-7,12H2,2-4H3. The van der Waals surface area contributed by atoms with Gasteiger partial charge in [0.2, 0.25) is 0 Å². The largest absolute Gasteiger partial charge is 0.363 e. The first-order valence-corrected chi connectivity index (χ1v) is 6.20. The summed E-state index contributed by atoms with van der Waals surface area (Å²) in [6.07, 6.45) is 6.41. The smallest absolute Gasteiger partial charge is 0.0788 e. The number of anilines is 1. The second-order valence-electron chi connectivity index (χ2n) is 4.17. The molecule has 1 aromatic carbocycles. The highest BCUT2D eigenvalue weighted by Crippen LogP contribution is 2.20. The Hall–Kier alpha value is -1.46. The summed E-state index contributed by atoms with van der Waals surface area (Å²) in [4.78, 5) is 2.07. The lowest BCUT2D eigenvalue weighted by Crippen LogP contribution is -2.20. The summed E-state index contributed by atoms with van der Waals surface area (Å²) >= 11 is 0. The Morgan fingerprint density at radius 1 is 1.29 bits per heavy atom. The quantitative estimate of drug-likeness (QED) is 0.756. The Bertz CT molecular complexity index is 362. The van der Waals surface area contributed by atoms with Crippen LogP contribution in [-0.4, -0.2) is 20.1 Å². The van der Waals surface area contributed by atoms with Crippen LogP contribution in [0.5, 0.6) is 0 Å². The maximum atomic E-state index is 5.30. The summed E-state index contributed by atoms with van der Waals surface area (Å²) < 4.78 is 0. The summed E-state index contributed by atoms with van der Waals surface area (Å²) in [5.41, 5.74) is 2.50. The van der Waals surface area contributed by atoms with Crippen molar-refractivity contribution in [2.75, 3.05) is 25.0 Å². The average Bonchev–Trinajstić information content (AvgIpc) is 2.36. The third-order valence-corrected chi connectivity index (χ3v) is 2.92. The Kier molecular flexibility index (Phi) is 5.59. The molecule has 1 N–H and O–H groups in total. The first-order valence-electron chi connectivity index (χ1n) is 6.20. The molecule has 2 heteroatoms. The van der Waals surface area contributed by atoms with Crippen molar-refractivity contribution in [3.05, 3.63) is 29.8 Å². The highest BCUT2D eigenvalue weighted by atomic mass is 15.1. The molecule has 1 rings (SSSR count). The van der Waals surface area contributed by atoms with Crippen LogP contribution in [0.1, 0.15) is 31.9 Å². The van der Waals surface area contributed by atoms with Gasteiger partial charge in [0.1, 0.15) is 0 Å². The van der Waals surface area contributed by atoms with Crippen LogP contribution in [0.15, 0.2) is 24.3 Å². The number of terminal acetylenes is 1. The van der Waals surface area contributed by atoms with Gasteiger partial charge in [0, 0.05) is 18.8 Å². The molecule has 92 valence electrons. The Labute approximate surface area is 105 Å². The van der Waals surface area contributed by atoms with Crippen LogP contribution >= 0.6 is 0 Å². The number of hydrogen-bond donors (Lipinski definition) is 1. The lowest BCUT2D eigenvalue weighted by Gasteiger charge is -2.19. The monoisotopic (exact) mass is 230 g/mol. The molecule has 1 aromatic rings. The molecule has 0 heterocycles. The van der Waals surface area contributed by atoms with Crippen LogP contribution in [0.3, 0.4) is 0 Å². The van der Waals surface area contributed by atoms with Gasteiger partial charge in [-0.2, -0.15) is 0 Å². The molecule has 0 aliphatic carbocycles. The van der Waals surface area contributed by atoms with Gasteiger partial charge in [-0.25, -0.2) is 0 Å². The molecule has 0 radical (unpaired) electrons. The van der Waals surface area contributed by atoms with Gasteiger partial charge >= 0.3 is 0 Å². The molecule has 0 fully saturated rings. The summed E-state index contributed by atoms with van der Waals surface area (Å²) in [5, 5.41) is 3.48. The summed E-state index contributed by atoms with van der Waals surface area (Å²) in [6.45, 7) is 5.98. The van der Waals surface area contributed by atoms with E-state index < -0.39 is 0 Å². The summed E-state index contributed by atoms with van der Waals surface area (Å²) in [7, 11) is 2.01. The first kappa shape index (κ1) is 13.6. The molecule has 0 aliphatic rings. The molecule has 0 saturated carbocycles. The van der Waals surface area contributed by atoms with Gasteiger partial charge in [0.15, 0.2) is 0 Å². The van der Waals surface area contributed by atoms with E-state index in [9.17, 15) is 0 Å². The van der Waals surface area contributed by atoms with Crippen molar-refractivity contribution in [1.82, 2.24) is 5.32 Å². The van der Waals surface area contributed by atoms with E-state index in [4.69, 9.17) is 6.42 Å². The number of rotatable bonds is 6. The molecule has 17 heavy (non-hydrogen) atoms. The predicted octanol–water partition coefficient (Wildman–Crippen LogP) is 2.82. The summed E-state index contributed by atoms with van der Waals surface area (Å²) in [5.74, 6) is 2.65. The summed E-state index contributed by atoms with van der Waals surface area (Å²) in [6, 6.07) is 9.07. The van der Waals surface area contributed by atoms with Crippen LogP contribution in [0.2, 0.25) is 0 Å². The van der Waals surface area contributed by atoms with Gasteiger partial charge in [-0.1, -0.05) is 31.9 Å². The fourth-order valence-corrected chi connectivity index (χ4v) is 1.93. The molecular formula is C15H22N2. The number of benzene rings is 1. The van der Waals surface area contributed by atoms with Crippen LogP contribution < -0.4 is 10.2 Å². The van der Waals surface area contributed by atoms with Crippen molar-refractivity contribution in [3.63, 3.8) is 0 Å². The number of nitrogens with zero attached hydrogens (tertiary/aromatic N) is 1. The zero-order valence-corrected chi connectivity index (χ0v) is 11.0. The second kappa shape index (κ2) is 6.98. The van der Waals surface area contributed by atoms with Gasteiger partial charge in [-0.15, -0.1) is 6.42 Å². The molecular weight excluding hydrogens is 208 g/mol. The van der Waals surface area contributed by atoms with E-state index >= 15 is 0 Å². The molecule has 0 aromatic heterocycles. The minimum absolute atomic E-state index is 0.451. The van der Waals surface area contributed by atoms with Gasteiger partial charge in [-0.3, -0.25) is 0 Å². The highest BCUT2D eigenvalue weighted by Gasteiger charge is 2.07. The fourth-order valence-electron chi connectivity index (χ4n) is 1.93. The molecule has 0 amide bonds. The van der Waals surface area contributed by atoms with E-state index in [1.807, 2.05) is 7.05 Å². The minimum Gasteiger partial charge on any atom is -0.363 e. The first-order chi connectivity index (χ1) is 8.22. The average molecular weight is 230 g/mol. The molecule has 0 bridgehead atoms. The molecule has 1 unspecified atom stereocenters. The van der Waals surface area contributed by atoms with E-state index in [1.165, 1.54) is 5.56 Å². The highest BCUT2D eigenvalue weighted by molar-refractivity contribution is 5.48. The Balaban J connectivity index is 2.76. The van der Waals surface area contributed by atoms with Crippen LogP contribution in [0.4, 0.5) is 5.69 Å². The maximum absolute atomic E-state index is 5.30. The molecule has 0 saturated heterocycles. The van der Waals surface area contributed by atoms with E-state index in [1.54, 1.807) is 0 Å². The van der Waals surface area contributed by atoms with Crippen LogP contribution in [-0.2, 0) is 0 Å². The van der Waals surface area contributed by atoms with Gasteiger partial charge < -0.3 is 10.2 Å². The van der Waals surface area contributed by atoms with Gasteiger partial charge in [-0.05, 0) is 30.7 Å². The predicted molar refractivity (Wildman–Crippen MR) is 75.3 cm³/mol. The Morgan fingerprint density at radius 2 is 1.94 bits per heavy atom. The van der Waals surface area contributed by atoms with Crippen LogP contribution in [0, 0.1) is 12.3 Å². The van der Waals surface area contributed by atoms with E-state index in [0.29, 0.717) is 12.6 Å². The zero-order chi connectivity index (χ0) is 12.7. The lowest BCUT2D eigenvalue weighted by atomic mass is 10.0. The normalized spacial score (nSPS) is 11.9. The van der Waals surface area contributed by atoms with Gasteiger partial charge in [0.05, 0.1) is 6.54 Å². The van der Waals surface area contributed by atoms with Crippen molar-refractivity contribution in [3.8, 4) is 12.3 Å². The zero-order valence-electron chi connectivity index (χ0n) is 11.0. The minimum atomic E-state index is 0.451. The lowest BCUT2D eigenvalue weighted by molar-refractivity contribution is 0.537.